The van der Waals surface area contributed by atoms with Gasteiger partial charge >= 0.3 is 0 Å². The van der Waals surface area contributed by atoms with Gasteiger partial charge in [0.1, 0.15) is 11.5 Å². The molecule has 1 aliphatic heterocycles. The molecule has 0 saturated carbocycles. The first-order chi connectivity index (χ1) is 14.9. The van der Waals surface area contributed by atoms with Gasteiger partial charge in [0.15, 0.2) is 6.61 Å². The van der Waals surface area contributed by atoms with Crippen molar-refractivity contribution in [3.63, 3.8) is 0 Å². The van der Waals surface area contributed by atoms with Gasteiger partial charge in [-0.1, -0.05) is 29.8 Å². The monoisotopic (exact) mass is 444 g/mol. The summed E-state index contributed by atoms with van der Waals surface area (Å²) in [6.45, 7) is 5.39. The predicted molar refractivity (Wildman–Crippen MR) is 121 cm³/mol. The number of ether oxygens (including phenoxy) is 2. The molecule has 2 aromatic rings. The highest BCUT2D eigenvalue weighted by molar-refractivity contribution is 6.32. The van der Waals surface area contributed by atoms with Crippen LogP contribution in [-0.4, -0.2) is 49.1 Å². The van der Waals surface area contributed by atoms with Gasteiger partial charge in [0.05, 0.1) is 13.0 Å². The van der Waals surface area contributed by atoms with Gasteiger partial charge in [0, 0.05) is 24.2 Å². The summed E-state index contributed by atoms with van der Waals surface area (Å²) in [6, 6.07) is 13.2. The minimum Gasteiger partial charge on any atom is -0.493 e. The average molecular weight is 445 g/mol. The molecule has 0 atom stereocenters. The third kappa shape index (κ3) is 6.89. The number of rotatable bonds is 8. The molecule has 0 aromatic heterocycles. The van der Waals surface area contributed by atoms with E-state index >= 15 is 0 Å². The second-order valence-corrected chi connectivity index (χ2v) is 8.17. The lowest BCUT2D eigenvalue weighted by atomic mass is 10.0. The molecule has 0 bridgehead atoms. The molecule has 2 amide bonds. The van der Waals surface area contributed by atoms with Gasteiger partial charge in [0.2, 0.25) is 5.91 Å². The lowest BCUT2D eigenvalue weighted by molar-refractivity contribution is -0.133. The zero-order valence-corrected chi connectivity index (χ0v) is 18.8. The van der Waals surface area contributed by atoms with Crippen molar-refractivity contribution < 1.29 is 19.1 Å². The number of nitrogens with one attached hydrogen (secondary N) is 1. The Hall–Kier alpha value is -2.73. The quantitative estimate of drug-likeness (QED) is 0.670. The molecule has 6 nitrogen and oxygen atoms in total. The number of piperidine rings is 1. The molecule has 0 unspecified atom stereocenters. The number of hydrogen-bond acceptors (Lipinski definition) is 4. The van der Waals surface area contributed by atoms with Crippen LogP contribution in [-0.2, 0) is 9.59 Å². The van der Waals surface area contributed by atoms with E-state index in [1.54, 1.807) is 0 Å². The molecule has 3 rings (SSSR count). The lowest BCUT2D eigenvalue weighted by Gasteiger charge is -2.32. The smallest absolute Gasteiger partial charge is 0.258 e. The van der Waals surface area contributed by atoms with Gasteiger partial charge in [-0.25, -0.2) is 0 Å². The first kappa shape index (κ1) is 22.9. The summed E-state index contributed by atoms with van der Waals surface area (Å²) >= 11 is 6.16. The fraction of sp³-hybridized carbons (Fsp3) is 0.417. The molecule has 0 spiro atoms. The number of amides is 2. The van der Waals surface area contributed by atoms with Crippen molar-refractivity contribution in [2.45, 2.75) is 39.2 Å². The Kier molecular flexibility index (Phi) is 8.18. The summed E-state index contributed by atoms with van der Waals surface area (Å²) in [5.74, 6) is 1.32. The first-order valence-electron chi connectivity index (χ1n) is 10.6. The van der Waals surface area contributed by atoms with E-state index in [1.165, 1.54) is 0 Å². The van der Waals surface area contributed by atoms with Crippen LogP contribution in [0.5, 0.6) is 11.5 Å². The van der Waals surface area contributed by atoms with Crippen molar-refractivity contribution in [1.82, 2.24) is 10.2 Å². The summed E-state index contributed by atoms with van der Waals surface area (Å²) in [4.78, 5) is 26.5. The van der Waals surface area contributed by atoms with E-state index < -0.39 is 0 Å². The van der Waals surface area contributed by atoms with E-state index in [-0.39, 0.29) is 24.5 Å². The van der Waals surface area contributed by atoms with E-state index in [1.807, 2.05) is 61.2 Å². The fourth-order valence-corrected chi connectivity index (χ4v) is 3.72. The molecule has 1 heterocycles. The minimum atomic E-state index is -0.161. The van der Waals surface area contributed by atoms with E-state index in [2.05, 4.69) is 5.32 Å². The van der Waals surface area contributed by atoms with Crippen LogP contribution >= 0.6 is 11.6 Å². The van der Waals surface area contributed by atoms with Crippen LogP contribution in [0, 0.1) is 13.8 Å². The number of halogens is 1. The number of nitrogens with zero attached hydrogens (tertiary/aromatic N) is 1. The maximum Gasteiger partial charge on any atom is 0.258 e. The summed E-state index contributed by atoms with van der Waals surface area (Å²) in [5.41, 5.74) is 1.84. The van der Waals surface area contributed by atoms with Crippen LogP contribution in [0.15, 0.2) is 42.5 Å². The van der Waals surface area contributed by atoms with Gasteiger partial charge in [-0.2, -0.15) is 0 Å². The van der Waals surface area contributed by atoms with Gasteiger partial charge in [-0.3, -0.25) is 9.59 Å². The van der Waals surface area contributed by atoms with Crippen molar-refractivity contribution in [2.75, 3.05) is 26.3 Å². The van der Waals surface area contributed by atoms with Gasteiger partial charge in [0.25, 0.3) is 5.91 Å². The molecule has 0 radical (unpaired) electrons. The van der Waals surface area contributed by atoms with Crippen LogP contribution in [0.25, 0.3) is 0 Å². The molecule has 1 saturated heterocycles. The molecule has 31 heavy (non-hydrogen) atoms. The average Bonchev–Trinajstić information content (AvgIpc) is 2.77. The Balaban J connectivity index is 1.34. The van der Waals surface area contributed by atoms with E-state index in [4.69, 9.17) is 21.1 Å². The van der Waals surface area contributed by atoms with E-state index in [0.717, 1.165) is 29.7 Å². The molecule has 0 aliphatic carbocycles. The summed E-state index contributed by atoms with van der Waals surface area (Å²) in [6.07, 6.45) is 1.81. The molecule has 1 N–H and O–H groups in total. The topological polar surface area (TPSA) is 67.9 Å². The van der Waals surface area contributed by atoms with E-state index in [9.17, 15) is 9.59 Å². The Bertz CT molecular complexity index is 873. The Morgan fingerprint density at radius 3 is 2.32 bits per heavy atom. The molecule has 2 aromatic carbocycles. The molecule has 1 fully saturated rings. The second-order valence-electron chi connectivity index (χ2n) is 7.79. The maximum absolute atomic E-state index is 12.4. The van der Waals surface area contributed by atoms with Crippen LogP contribution < -0.4 is 14.8 Å². The SMILES string of the molecule is Cc1cc(OCC(=O)NC2CCN(C(=O)CCOc3ccccc3)CC2)cc(C)c1Cl. The standard InChI is InChI=1S/C24H29ClN2O4/c1-17-14-21(15-18(2)24(17)25)31-16-22(28)26-19-8-11-27(12-9-19)23(29)10-13-30-20-6-4-3-5-7-20/h3-7,14-15,19H,8-13,16H2,1-2H3,(H,26,28). The first-order valence-corrected chi connectivity index (χ1v) is 10.9. The van der Waals surface area contributed by atoms with Crippen molar-refractivity contribution in [3.05, 3.63) is 58.6 Å². The number of aryl methyl sites for hydroxylation is 2. The highest BCUT2D eigenvalue weighted by Crippen LogP contribution is 2.25. The summed E-state index contributed by atoms with van der Waals surface area (Å²) in [7, 11) is 0. The zero-order chi connectivity index (χ0) is 22.2. The van der Waals surface area contributed by atoms with Crippen molar-refractivity contribution >= 4 is 23.4 Å². The van der Waals surface area contributed by atoms with Crippen LogP contribution in [0.4, 0.5) is 0 Å². The number of likely N-dealkylation sites (tertiary alicyclic amines) is 1. The normalized spacial score (nSPS) is 14.2. The number of hydrogen-bond donors (Lipinski definition) is 1. The Labute approximate surface area is 188 Å². The van der Waals surface area contributed by atoms with Gasteiger partial charge < -0.3 is 19.7 Å². The molecular weight excluding hydrogens is 416 g/mol. The number of carbonyl (C=O) groups excluding carboxylic acids is 2. The summed E-state index contributed by atoms with van der Waals surface area (Å²) in [5, 5.41) is 3.71. The van der Waals surface area contributed by atoms with Crippen LogP contribution in [0.1, 0.15) is 30.4 Å². The summed E-state index contributed by atoms with van der Waals surface area (Å²) < 4.78 is 11.2. The number of para-hydroxylation sites is 1. The highest BCUT2D eigenvalue weighted by Gasteiger charge is 2.23. The van der Waals surface area contributed by atoms with Crippen molar-refractivity contribution in [2.24, 2.45) is 0 Å². The number of benzene rings is 2. The molecule has 166 valence electrons. The molecule has 1 aliphatic rings. The third-order valence-electron chi connectivity index (χ3n) is 5.32. The predicted octanol–water partition coefficient (Wildman–Crippen LogP) is 3.91. The molecular formula is C24H29ClN2O4. The number of carbonyl (C=O) groups is 2. The third-order valence-corrected chi connectivity index (χ3v) is 5.92. The van der Waals surface area contributed by atoms with Gasteiger partial charge in [-0.15, -0.1) is 0 Å². The minimum absolute atomic E-state index is 0.0452. The lowest BCUT2D eigenvalue weighted by Crippen LogP contribution is -2.47. The maximum atomic E-state index is 12.4. The van der Waals surface area contributed by atoms with E-state index in [0.29, 0.717) is 36.9 Å². The van der Waals surface area contributed by atoms with Crippen molar-refractivity contribution in [3.8, 4) is 11.5 Å². The zero-order valence-electron chi connectivity index (χ0n) is 18.0. The fourth-order valence-electron chi connectivity index (χ4n) is 3.61. The Morgan fingerprint density at radius 2 is 1.68 bits per heavy atom. The van der Waals surface area contributed by atoms with Crippen LogP contribution in [0.3, 0.4) is 0 Å². The molecule has 7 heteroatoms. The largest absolute Gasteiger partial charge is 0.493 e. The second kappa shape index (κ2) is 11.0. The van der Waals surface area contributed by atoms with Gasteiger partial charge in [-0.05, 0) is 62.1 Å². The van der Waals surface area contributed by atoms with Crippen LogP contribution in [0.2, 0.25) is 5.02 Å². The van der Waals surface area contributed by atoms with Crippen molar-refractivity contribution in [1.29, 1.82) is 0 Å². The highest BCUT2D eigenvalue weighted by atomic mass is 35.5. The Morgan fingerprint density at radius 1 is 1.03 bits per heavy atom.